The summed E-state index contributed by atoms with van der Waals surface area (Å²) in [6.07, 6.45) is -2.47. The first-order valence-electron chi connectivity index (χ1n) is 5.04. The number of benzene rings is 1. The van der Waals surface area contributed by atoms with Crippen LogP contribution in [0.4, 0.5) is 8.78 Å². The minimum absolute atomic E-state index is 0.0781. The zero-order valence-electron chi connectivity index (χ0n) is 9.05. The molecule has 0 saturated heterocycles. The molecule has 0 aliphatic carbocycles. The van der Waals surface area contributed by atoms with Crippen LogP contribution in [0.15, 0.2) is 24.3 Å². The van der Waals surface area contributed by atoms with Crippen molar-refractivity contribution in [1.29, 1.82) is 0 Å². The first-order valence-corrected chi connectivity index (χ1v) is 5.04. The van der Waals surface area contributed by atoms with E-state index in [4.69, 9.17) is 14.8 Å². The Labute approximate surface area is 97.9 Å². The first-order chi connectivity index (χ1) is 8.09. The van der Waals surface area contributed by atoms with Crippen molar-refractivity contribution in [2.75, 3.05) is 19.8 Å². The number of rotatable bonds is 7. The number of hydrogen-bond donors (Lipinski definition) is 2. The van der Waals surface area contributed by atoms with E-state index in [1.54, 1.807) is 12.1 Å². The summed E-state index contributed by atoms with van der Waals surface area (Å²) in [7, 11) is -1.52. The summed E-state index contributed by atoms with van der Waals surface area (Å²) >= 11 is 0. The fourth-order valence-electron chi connectivity index (χ4n) is 1.13. The van der Waals surface area contributed by atoms with Crippen molar-refractivity contribution in [3.63, 3.8) is 0 Å². The third-order valence-corrected chi connectivity index (χ3v) is 1.92. The van der Waals surface area contributed by atoms with Crippen LogP contribution in [-0.4, -0.2) is 43.4 Å². The maximum absolute atomic E-state index is 11.7. The smallest absolute Gasteiger partial charge is 0.488 e. The van der Waals surface area contributed by atoms with Crippen LogP contribution < -0.4 is 10.2 Å². The van der Waals surface area contributed by atoms with E-state index in [1.807, 2.05) is 0 Å². The average Bonchev–Trinajstić information content (AvgIpc) is 2.29. The summed E-state index contributed by atoms with van der Waals surface area (Å²) in [6, 6.07) is 6.11. The molecular weight excluding hydrogens is 233 g/mol. The molecule has 0 saturated carbocycles. The van der Waals surface area contributed by atoms with Gasteiger partial charge in [0.25, 0.3) is 6.43 Å². The van der Waals surface area contributed by atoms with Gasteiger partial charge in [0.2, 0.25) is 0 Å². The third kappa shape index (κ3) is 5.62. The highest BCUT2D eigenvalue weighted by Gasteiger charge is 2.09. The van der Waals surface area contributed by atoms with Gasteiger partial charge in [0.1, 0.15) is 19.0 Å². The van der Waals surface area contributed by atoms with Gasteiger partial charge in [0.05, 0.1) is 6.61 Å². The lowest BCUT2D eigenvalue weighted by atomic mass is 9.80. The van der Waals surface area contributed by atoms with Gasteiger partial charge in [-0.25, -0.2) is 8.78 Å². The van der Waals surface area contributed by atoms with Crippen LogP contribution in [0.25, 0.3) is 0 Å². The number of halogens is 2. The van der Waals surface area contributed by atoms with Gasteiger partial charge >= 0.3 is 7.12 Å². The Balaban J connectivity index is 2.23. The van der Waals surface area contributed by atoms with Crippen molar-refractivity contribution < 1.29 is 28.3 Å². The topological polar surface area (TPSA) is 58.9 Å². The van der Waals surface area contributed by atoms with Crippen LogP contribution in [0.1, 0.15) is 0 Å². The molecule has 1 aromatic carbocycles. The molecule has 7 heteroatoms. The summed E-state index contributed by atoms with van der Waals surface area (Å²) in [5.74, 6) is 0.509. The van der Waals surface area contributed by atoms with E-state index in [1.165, 1.54) is 12.1 Å². The van der Waals surface area contributed by atoms with Crippen LogP contribution in [-0.2, 0) is 4.74 Å². The molecule has 0 bridgehead atoms. The third-order valence-electron chi connectivity index (χ3n) is 1.92. The highest BCUT2D eigenvalue weighted by atomic mass is 19.3. The molecule has 0 aromatic heterocycles. The number of hydrogen-bond acceptors (Lipinski definition) is 4. The van der Waals surface area contributed by atoms with Crippen LogP contribution in [0.5, 0.6) is 5.75 Å². The van der Waals surface area contributed by atoms with E-state index < -0.39 is 20.2 Å². The van der Waals surface area contributed by atoms with Crippen LogP contribution in [0.3, 0.4) is 0 Å². The second-order valence-electron chi connectivity index (χ2n) is 3.26. The molecule has 0 fully saturated rings. The molecular formula is C10H13BF2O4. The Bertz CT molecular complexity index is 319. The molecule has 1 rings (SSSR count). The summed E-state index contributed by atoms with van der Waals surface area (Å²) in [5, 5.41) is 17.7. The van der Waals surface area contributed by atoms with Gasteiger partial charge in [-0.1, -0.05) is 12.1 Å². The largest absolute Gasteiger partial charge is 0.491 e. The predicted molar refractivity (Wildman–Crippen MR) is 58.6 cm³/mol. The van der Waals surface area contributed by atoms with Crippen molar-refractivity contribution in [2.45, 2.75) is 6.43 Å². The summed E-state index contributed by atoms with van der Waals surface area (Å²) in [5.41, 5.74) is 0.353. The molecule has 17 heavy (non-hydrogen) atoms. The van der Waals surface area contributed by atoms with Crippen molar-refractivity contribution in [3.05, 3.63) is 24.3 Å². The molecule has 0 radical (unpaired) electrons. The Morgan fingerprint density at radius 2 is 1.76 bits per heavy atom. The fraction of sp³-hybridized carbons (Fsp3) is 0.400. The zero-order valence-corrected chi connectivity index (χ0v) is 9.05. The van der Waals surface area contributed by atoms with Crippen molar-refractivity contribution in [3.8, 4) is 5.75 Å². The van der Waals surface area contributed by atoms with E-state index >= 15 is 0 Å². The summed E-state index contributed by atoms with van der Waals surface area (Å²) in [6.45, 7) is -0.360. The van der Waals surface area contributed by atoms with Gasteiger partial charge < -0.3 is 19.5 Å². The minimum atomic E-state index is -2.47. The molecule has 0 aliphatic rings. The van der Waals surface area contributed by atoms with Gasteiger partial charge in [0.15, 0.2) is 0 Å². The molecule has 2 N–H and O–H groups in total. The molecule has 0 atom stereocenters. The second-order valence-corrected chi connectivity index (χ2v) is 3.26. The van der Waals surface area contributed by atoms with E-state index in [2.05, 4.69) is 4.74 Å². The monoisotopic (exact) mass is 246 g/mol. The van der Waals surface area contributed by atoms with E-state index in [9.17, 15) is 8.78 Å². The van der Waals surface area contributed by atoms with Crippen molar-refractivity contribution in [1.82, 2.24) is 0 Å². The van der Waals surface area contributed by atoms with Crippen LogP contribution in [0, 0.1) is 0 Å². The van der Waals surface area contributed by atoms with E-state index in [-0.39, 0.29) is 13.2 Å². The molecule has 0 unspecified atom stereocenters. The molecule has 0 heterocycles. The van der Waals surface area contributed by atoms with E-state index in [0.717, 1.165) is 0 Å². The van der Waals surface area contributed by atoms with E-state index in [0.29, 0.717) is 11.2 Å². The Hall–Kier alpha value is -1.18. The summed E-state index contributed by atoms with van der Waals surface area (Å²) < 4.78 is 33.2. The predicted octanol–water partition coefficient (Wildman–Crippen LogP) is 0.0269. The SMILES string of the molecule is OB(O)c1ccc(OCCOCC(F)F)cc1. The van der Waals surface area contributed by atoms with Crippen LogP contribution in [0.2, 0.25) is 0 Å². The molecule has 0 amide bonds. The first kappa shape index (κ1) is 13.9. The molecule has 0 aliphatic heterocycles. The molecule has 4 nitrogen and oxygen atoms in total. The highest BCUT2D eigenvalue weighted by molar-refractivity contribution is 6.58. The lowest BCUT2D eigenvalue weighted by Gasteiger charge is -2.07. The number of ether oxygens (including phenoxy) is 2. The maximum Gasteiger partial charge on any atom is 0.488 e. The standard InChI is InChI=1S/C10H13BF2O4/c12-10(13)7-16-5-6-17-9-3-1-8(2-4-9)11(14)15/h1-4,10,14-15H,5-7H2. The van der Waals surface area contributed by atoms with Crippen molar-refractivity contribution in [2.24, 2.45) is 0 Å². The maximum atomic E-state index is 11.7. The Morgan fingerprint density at radius 1 is 1.12 bits per heavy atom. The number of alkyl halides is 2. The normalized spacial score (nSPS) is 10.6. The molecule has 94 valence electrons. The highest BCUT2D eigenvalue weighted by Crippen LogP contribution is 2.07. The Kier molecular flexibility index (Phi) is 5.89. The van der Waals surface area contributed by atoms with Gasteiger partial charge in [-0.2, -0.15) is 0 Å². The lowest BCUT2D eigenvalue weighted by Crippen LogP contribution is -2.29. The lowest BCUT2D eigenvalue weighted by molar-refractivity contribution is 0.00763. The second kappa shape index (κ2) is 7.21. The molecule has 1 aromatic rings. The average molecular weight is 246 g/mol. The van der Waals surface area contributed by atoms with Crippen LogP contribution >= 0.6 is 0 Å². The summed E-state index contributed by atoms with van der Waals surface area (Å²) in [4.78, 5) is 0. The molecule has 0 spiro atoms. The van der Waals surface area contributed by atoms with Gasteiger partial charge in [-0.15, -0.1) is 0 Å². The van der Waals surface area contributed by atoms with Gasteiger partial charge in [0, 0.05) is 0 Å². The van der Waals surface area contributed by atoms with Crippen molar-refractivity contribution >= 4 is 12.6 Å². The quantitative estimate of drug-likeness (QED) is 0.526. The zero-order chi connectivity index (χ0) is 12.7. The fourth-order valence-corrected chi connectivity index (χ4v) is 1.13. The minimum Gasteiger partial charge on any atom is -0.491 e. The van der Waals surface area contributed by atoms with Gasteiger partial charge in [-0.05, 0) is 17.6 Å². The van der Waals surface area contributed by atoms with Gasteiger partial charge in [-0.3, -0.25) is 0 Å². The Morgan fingerprint density at radius 3 is 2.29 bits per heavy atom.